The number of hydrogen-bond donors (Lipinski definition) is 1. The van der Waals surface area contributed by atoms with Gasteiger partial charge < -0.3 is 5.32 Å². The molecule has 0 aliphatic heterocycles. The summed E-state index contributed by atoms with van der Waals surface area (Å²) in [6, 6.07) is 1.61. The van der Waals surface area contributed by atoms with Gasteiger partial charge in [0.1, 0.15) is 0 Å². The van der Waals surface area contributed by atoms with Crippen LogP contribution in [0.2, 0.25) is 0 Å². The van der Waals surface area contributed by atoms with Crippen molar-refractivity contribution in [2.45, 2.75) is 24.7 Å². The van der Waals surface area contributed by atoms with E-state index in [-0.39, 0.29) is 4.90 Å². The molecular formula is C10H16N2O2S. The lowest BCUT2D eigenvalue weighted by Gasteiger charge is -2.05. The van der Waals surface area contributed by atoms with E-state index in [0.29, 0.717) is 0 Å². The standard InChI is InChI=1S/C10H16N2O2S/c1-3-4-5-12-9-6-10(8-11-7-9)15(2,13)14/h6-8,12H,3-5H2,1-2H3. The van der Waals surface area contributed by atoms with E-state index in [1.807, 2.05) is 0 Å². The van der Waals surface area contributed by atoms with Gasteiger partial charge in [-0.05, 0) is 12.5 Å². The van der Waals surface area contributed by atoms with Crippen molar-refractivity contribution in [3.05, 3.63) is 18.5 Å². The maximum absolute atomic E-state index is 11.2. The predicted molar refractivity (Wildman–Crippen MR) is 60.7 cm³/mol. The van der Waals surface area contributed by atoms with E-state index in [1.54, 1.807) is 12.3 Å². The van der Waals surface area contributed by atoms with Gasteiger partial charge in [-0.3, -0.25) is 4.98 Å². The Morgan fingerprint density at radius 1 is 1.40 bits per heavy atom. The van der Waals surface area contributed by atoms with Gasteiger partial charge in [-0.15, -0.1) is 0 Å². The Kier molecular flexibility index (Phi) is 4.08. The summed E-state index contributed by atoms with van der Waals surface area (Å²) in [4.78, 5) is 4.14. The molecule has 0 saturated carbocycles. The molecule has 1 N–H and O–H groups in total. The summed E-state index contributed by atoms with van der Waals surface area (Å²) < 4.78 is 22.5. The Bertz CT molecular complexity index is 415. The van der Waals surface area contributed by atoms with Gasteiger partial charge in [-0.1, -0.05) is 13.3 Å². The lowest BCUT2D eigenvalue weighted by atomic mass is 10.3. The maximum atomic E-state index is 11.2. The first-order valence-electron chi connectivity index (χ1n) is 4.93. The summed E-state index contributed by atoms with van der Waals surface area (Å²) in [7, 11) is -3.16. The van der Waals surface area contributed by atoms with Gasteiger partial charge in [0.25, 0.3) is 0 Å². The van der Waals surface area contributed by atoms with Crippen molar-refractivity contribution in [2.24, 2.45) is 0 Å². The number of pyridine rings is 1. The Morgan fingerprint density at radius 2 is 2.13 bits per heavy atom. The molecule has 0 saturated heterocycles. The van der Waals surface area contributed by atoms with Crippen molar-refractivity contribution < 1.29 is 8.42 Å². The second-order valence-corrected chi connectivity index (χ2v) is 5.48. The molecule has 0 aromatic carbocycles. The molecule has 1 rings (SSSR count). The second kappa shape index (κ2) is 5.11. The number of hydrogen-bond acceptors (Lipinski definition) is 4. The first-order chi connectivity index (χ1) is 7.04. The molecule has 0 aliphatic carbocycles. The minimum absolute atomic E-state index is 0.254. The summed E-state index contributed by atoms with van der Waals surface area (Å²) in [5, 5.41) is 3.13. The zero-order valence-electron chi connectivity index (χ0n) is 9.03. The van der Waals surface area contributed by atoms with Gasteiger partial charge in [0, 0.05) is 19.0 Å². The zero-order valence-corrected chi connectivity index (χ0v) is 9.84. The van der Waals surface area contributed by atoms with Crippen LogP contribution in [0.1, 0.15) is 19.8 Å². The van der Waals surface area contributed by atoms with Gasteiger partial charge in [0.05, 0.1) is 16.8 Å². The van der Waals surface area contributed by atoms with Crippen LogP contribution in [0.5, 0.6) is 0 Å². The molecule has 0 radical (unpaired) electrons. The Balaban J connectivity index is 2.75. The monoisotopic (exact) mass is 228 g/mol. The van der Waals surface area contributed by atoms with E-state index in [1.165, 1.54) is 12.5 Å². The molecule has 1 aromatic rings. The number of anilines is 1. The van der Waals surface area contributed by atoms with Gasteiger partial charge in [0.15, 0.2) is 9.84 Å². The largest absolute Gasteiger partial charge is 0.384 e. The fraction of sp³-hybridized carbons (Fsp3) is 0.500. The summed E-state index contributed by atoms with van der Waals surface area (Å²) in [6.45, 7) is 2.94. The van der Waals surface area contributed by atoms with E-state index in [2.05, 4.69) is 17.2 Å². The van der Waals surface area contributed by atoms with Crippen LogP contribution in [0.3, 0.4) is 0 Å². The normalized spacial score (nSPS) is 11.3. The van der Waals surface area contributed by atoms with Crippen molar-refractivity contribution >= 4 is 15.5 Å². The molecule has 5 heteroatoms. The lowest BCUT2D eigenvalue weighted by Crippen LogP contribution is -2.03. The Labute approximate surface area is 90.7 Å². The topological polar surface area (TPSA) is 59.1 Å². The Morgan fingerprint density at radius 3 is 2.73 bits per heavy atom. The minimum Gasteiger partial charge on any atom is -0.384 e. The third-order valence-electron chi connectivity index (χ3n) is 2.00. The van der Waals surface area contributed by atoms with Gasteiger partial charge in [-0.2, -0.15) is 0 Å². The van der Waals surface area contributed by atoms with Gasteiger partial charge >= 0.3 is 0 Å². The minimum atomic E-state index is -3.16. The highest BCUT2D eigenvalue weighted by Gasteiger charge is 2.07. The third kappa shape index (κ3) is 3.87. The fourth-order valence-corrected chi connectivity index (χ4v) is 1.72. The summed E-state index contributed by atoms with van der Waals surface area (Å²) in [5.74, 6) is 0. The van der Waals surface area contributed by atoms with Crippen LogP contribution in [0.4, 0.5) is 5.69 Å². The SMILES string of the molecule is CCCCNc1cncc(S(C)(=O)=O)c1. The van der Waals surface area contributed by atoms with Crippen LogP contribution in [0.15, 0.2) is 23.4 Å². The zero-order chi connectivity index (χ0) is 11.3. The smallest absolute Gasteiger partial charge is 0.177 e. The molecule has 15 heavy (non-hydrogen) atoms. The van der Waals surface area contributed by atoms with Crippen molar-refractivity contribution in [2.75, 3.05) is 18.1 Å². The average molecular weight is 228 g/mol. The number of sulfone groups is 1. The molecule has 0 amide bonds. The highest BCUT2D eigenvalue weighted by Crippen LogP contribution is 2.13. The fourth-order valence-electron chi connectivity index (χ4n) is 1.13. The van der Waals surface area contributed by atoms with Crippen molar-refractivity contribution in [3.63, 3.8) is 0 Å². The van der Waals surface area contributed by atoms with Crippen molar-refractivity contribution in [1.82, 2.24) is 4.98 Å². The molecule has 1 heterocycles. The highest BCUT2D eigenvalue weighted by atomic mass is 32.2. The maximum Gasteiger partial charge on any atom is 0.177 e. The highest BCUT2D eigenvalue weighted by molar-refractivity contribution is 7.90. The van der Waals surface area contributed by atoms with Crippen LogP contribution in [-0.4, -0.2) is 26.2 Å². The van der Waals surface area contributed by atoms with Crippen LogP contribution >= 0.6 is 0 Å². The predicted octanol–water partition coefficient (Wildman–Crippen LogP) is 1.70. The van der Waals surface area contributed by atoms with Crippen molar-refractivity contribution in [1.29, 1.82) is 0 Å². The second-order valence-electron chi connectivity index (χ2n) is 3.46. The molecule has 84 valence electrons. The number of rotatable bonds is 5. The number of nitrogens with one attached hydrogen (secondary N) is 1. The molecule has 4 nitrogen and oxygen atoms in total. The van der Waals surface area contributed by atoms with Crippen LogP contribution in [0, 0.1) is 0 Å². The molecule has 0 atom stereocenters. The first kappa shape index (κ1) is 12.0. The summed E-state index contributed by atoms with van der Waals surface area (Å²) in [6.07, 6.45) is 6.33. The average Bonchev–Trinajstić information content (AvgIpc) is 2.17. The molecule has 1 aromatic heterocycles. The number of aromatic nitrogens is 1. The van der Waals surface area contributed by atoms with E-state index < -0.39 is 9.84 Å². The lowest BCUT2D eigenvalue weighted by molar-refractivity contribution is 0.601. The Hall–Kier alpha value is -1.10. The van der Waals surface area contributed by atoms with E-state index in [0.717, 1.165) is 25.1 Å². The van der Waals surface area contributed by atoms with Crippen LogP contribution in [0.25, 0.3) is 0 Å². The molecule has 0 spiro atoms. The molecule has 0 aliphatic rings. The summed E-state index contributed by atoms with van der Waals surface area (Å²) >= 11 is 0. The van der Waals surface area contributed by atoms with Gasteiger partial charge in [-0.25, -0.2) is 8.42 Å². The number of nitrogens with zero attached hydrogens (tertiary/aromatic N) is 1. The van der Waals surface area contributed by atoms with Crippen LogP contribution < -0.4 is 5.32 Å². The first-order valence-corrected chi connectivity index (χ1v) is 6.82. The van der Waals surface area contributed by atoms with Crippen LogP contribution in [-0.2, 0) is 9.84 Å². The van der Waals surface area contributed by atoms with E-state index in [9.17, 15) is 8.42 Å². The van der Waals surface area contributed by atoms with E-state index >= 15 is 0 Å². The van der Waals surface area contributed by atoms with E-state index in [4.69, 9.17) is 0 Å². The quantitative estimate of drug-likeness (QED) is 0.779. The molecule has 0 unspecified atom stereocenters. The molecule has 0 fully saturated rings. The number of unbranched alkanes of at least 4 members (excludes halogenated alkanes) is 1. The van der Waals surface area contributed by atoms with Gasteiger partial charge in [0.2, 0.25) is 0 Å². The third-order valence-corrected chi connectivity index (χ3v) is 3.08. The summed E-state index contributed by atoms with van der Waals surface area (Å²) in [5.41, 5.74) is 0.756. The van der Waals surface area contributed by atoms with Crippen molar-refractivity contribution in [3.8, 4) is 0 Å². The molecule has 0 bridgehead atoms. The molecular weight excluding hydrogens is 212 g/mol.